The van der Waals surface area contributed by atoms with Gasteiger partial charge in [0.25, 0.3) is 0 Å². The molecule has 36 heavy (non-hydrogen) atoms. The maximum Gasteiger partial charge on any atom is 0.0562 e. The maximum absolute atomic E-state index is 2.47. The van der Waals surface area contributed by atoms with Crippen LogP contribution in [0.15, 0.2) is 115 Å². The topological polar surface area (TPSA) is 4.93 Å². The molecule has 1 aliphatic carbocycles. The molecule has 166 valence electrons. The van der Waals surface area contributed by atoms with Crippen molar-refractivity contribution in [3.8, 4) is 27.9 Å². The molecule has 0 spiro atoms. The van der Waals surface area contributed by atoms with Crippen molar-refractivity contribution in [3.05, 3.63) is 115 Å². The number of rotatable bonds is 1. The second kappa shape index (κ2) is 6.63. The highest BCUT2D eigenvalue weighted by atomic mass is 32.1. The van der Waals surface area contributed by atoms with Crippen LogP contribution in [-0.4, -0.2) is 4.57 Å². The van der Waals surface area contributed by atoms with Gasteiger partial charge in [-0.15, -0.1) is 11.3 Å². The minimum atomic E-state index is 1.20. The first-order valence-corrected chi connectivity index (χ1v) is 13.2. The minimum Gasteiger partial charge on any atom is -0.309 e. The van der Waals surface area contributed by atoms with E-state index in [1.807, 2.05) is 11.3 Å². The molecule has 2 aromatic heterocycles. The highest BCUT2D eigenvalue weighted by Crippen LogP contribution is 2.53. The lowest BCUT2D eigenvalue weighted by Gasteiger charge is -2.14. The molecule has 1 aliphatic rings. The number of para-hydroxylation sites is 1. The summed E-state index contributed by atoms with van der Waals surface area (Å²) in [5, 5.41) is 8.12. The molecule has 9 rings (SSSR count). The summed E-state index contributed by atoms with van der Waals surface area (Å²) in [5.74, 6) is 0. The third-order valence-corrected chi connectivity index (χ3v) is 9.02. The van der Waals surface area contributed by atoms with Gasteiger partial charge in [0.2, 0.25) is 0 Å². The molecule has 0 atom stereocenters. The van der Waals surface area contributed by atoms with E-state index in [1.54, 1.807) is 0 Å². The van der Waals surface area contributed by atoms with Gasteiger partial charge < -0.3 is 4.57 Å². The number of hydrogen-bond donors (Lipinski definition) is 0. The molecule has 6 aromatic carbocycles. The van der Waals surface area contributed by atoms with Crippen LogP contribution in [0.3, 0.4) is 0 Å². The van der Waals surface area contributed by atoms with Crippen LogP contribution >= 0.6 is 11.3 Å². The van der Waals surface area contributed by atoms with E-state index in [2.05, 4.69) is 120 Å². The summed E-state index contributed by atoms with van der Waals surface area (Å²) in [7, 11) is 0. The van der Waals surface area contributed by atoms with Crippen molar-refractivity contribution in [2.45, 2.75) is 0 Å². The minimum absolute atomic E-state index is 1.20. The van der Waals surface area contributed by atoms with E-state index in [-0.39, 0.29) is 0 Å². The smallest absolute Gasteiger partial charge is 0.0562 e. The first-order chi connectivity index (χ1) is 17.9. The van der Waals surface area contributed by atoms with Crippen molar-refractivity contribution in [1.29, 1.82) is 0 Å². The predicted octanol–water partition coefficient (Wildman–Crippen LogP) is 9.95. The molecule has 0 saturated heterocycles. The monoisotopic (exact) mass is 473 g/mol. The Kier molecular flexibility index (Phi) is 3.47. The van der Waals surface area contributed by atoms with Gasteiger partial charge in [-0.1, -0.05) is 84.9 Å². The molecule has 1 nitrogen and oxygen atoms in total. The highest BCUT2D eigenvalue weighted by Gasteiger charge is 2.27. The van der Waals surface area contributed by atoms with Gasteiger partial charge in [0, 0.05) is 42.2 Å². The van der Waals surface area contributed by atoms with E-state index in [1.165, 1.54) is 80.7 Å². The largest absolute Gasteiger partial charge is 0.309 e. The average Bonchev–Trinajstić information content (AvgIpc) is 3.43. The highest BCUT2D eigenvalue weighted by molar-refractivity contribution is 7.26. The second-order valence-electron chi connectivity index (χ2n) is 9.70. The Morgan fingerprint density at radius 3 is 2.17 bits per heavy atom. The van der Waals surface area contributed by atoms with E-state index in [0.29, 0.717) is 0 Å². The van der Waals surface area contributed by atoms with Crippen LogP contribution < -0.4 is 0 Å². The molecule has 8 aromatic rings. The zero-order valence-electron chi connectivity index (χ0n) is 19.3. The number of thiophene rings is 1. The van der Waals surface area contributed by atoms with Gasteiger partial charge in [-0.05, 0) is 57.8 Å². The van der Waals surface area contributed by atoms with Crippen LogP contribution in [-0.2, 0) is 0 Å². The van der Waals surface area contributed by atoms with Crippen LogP contribution in [0.2, 0.25) is 0 Å². The molecule has 0 amide bonds. The number of aromatic nitrogens is 1. The van der Waals surface area contributed by atoms with E-state index in [0.717, 1.165) is 0 Å². The SMILES string of the molecule is c1ccc(-n2c3cc4sc5ccccc5c4c4c3c3c5c(cccc5ccc32)-c2ccccc2-4)cc1. The van der Waals surface area contributed by atoms with Gasteiger partial charge in [-0.3, -0.25) is 0 Å². The third kappa shape index (κ3) is 2.21. The normalized spacial score (nSPS) is 12.4. The van der Waals surface area contributed by atoms with Gasteiger partial charge in [0.05, 0.1) is 11.0 Å². The van der Waals surface area contributed by atoms with Crippen LogP contribution in [0.25, 0.3) is 80.7 Å². The Morgan fingerprint density at radius 1 is 0.472 bits per heavy atom. The van der Waals surface area contributed by atoms with Crippen molar-refractivity contribution in [2.75, 3.05) is 0 Å². The molecule has 2 heteroatoms. The van der Waals surface area contributed by atoms with Crippen LogP contribution in [0.1, 0.15) is 0 Å². The molecular weight excluding hydrogens is 454 g/mol. The lowest BCUT2D eigenvalue weighted by atomic mass is 9.91. The quantitative estimate of drug-likeness (QED) is 0.223. The maximum atomic E-state index is 2.47. The van der Waals surface area contributed by atoms with Crippen molar-refractivity contribution in [3.63, 3.8) is 0 Å². The van der Waals surface area contributed by atoms with Crippen LogP contribution in [0, 0.1) is 0 Å². The van der Waals surface area contributed by atoms with Crippen molar-refractivity contribution in [1.82, 2.24) is 4.57 Å². The summed E-state index contributed by atoms with van der Waals surface area (Å²) in [4.78, 5) is 0. The molecule has 0 saturated carbocycles. The summed E-state index contributed by atoms with van der Waals surface area (Å²) >= 11 is 1.90. The van der Waals surface area contributed by atoms with Gasteiger partial charge in [0.1, 0.15) is 0 Å². The summed E-state index contributed by atoms with van der Waals surface area (Å²) in [6, 6.07) is 42.5. The van der Waals surface area contributed by atoms with Crippen molar-refractivity contribution < 1.29 is 0 Å². The van der Waals surface area contributed by atoms with Gasteiger partial charge in [-0.2, -0.15) is 0 Å². The second-order valence-corrected chi connectivity index (χ2v) is 10.8. The molecule has 0 bridgehead atoms. The van der Waals surface area contributed by atoms with Gasteiger partial charge in [0.15, 0.2) is 0 Å². The molecule has 0 aliphatic heterocycles. The van der Waals surface area contributed by atoms with E-state index in [9.17, 15) is 0 Å². The third-order valence-electron chi connectivity index (χ3n) is 7.90. The van der Waals surface area contributed by atoms with Crippen LogP contribution in [0.4, 0.5) is 0 Å². The number of hydrogen-bond acceptors (Lipinski definition) is 1. The molecule has 0 N–H and O–H groups in total. The summed E-state index contributed by atoms with van der Waals surface area (Å²) in [5.41, 5.74) is 9.10. The molecule has 0 radical (unpaired) electrons. The fourth-order valence-corrected chi connectivity index (χ4v) is 7.67. The van der Waals surface area contributed by atoms with Crippen LogP contribution in [0.5, 0.6) is 0 Å². The number of benzene rings is 6. The van der Waals surface area contributed by atoms with Crippen molar-refractivity contribution in [2.24, 2.45) is 0 Å². The Hall–Kier alpha value is -4.40. The van der Waals surface area contributed by atoms with E-state index < -0.39 is 0 Å². The molecule has 0 fully saturated rings. The van der Waals surface area contributed by atoms with Crippen molar-refractivity contribution >= 4 is 64.1 Å². The van der Waals surface area contributed by atoms with E-state index >= 15 is 0 Å². The molecule has 2 heterocycles. The van der Waals surface area contributed by atoms with Gasteiger partial charge >= 0.3 is 0 Å². The predicted molar refractivity (Wildman–Crippen MR) is 156 cm³/mol. The van der Waals surface area contributed by atoms with Gasteiger partial charge in [-0.25, -0.2) is 0 Å². The lowest BCUT2D eigenvalue weighted by molar-refractivity contribution is 1.18. The number of fused-ring (bicyclic) bond motifs is 7. The Morgan fingerprint density at radius 2 is 1.25 bits per heavy atom. The summed E-state index contributed by atoms with van der Waals surface area (Å²) in [6.07, 6.45) is 0. The zero-order valence-corrected chi connectivity index (χ0v) is 20.1. The Balaban J connectivity index is 1.68. The lowest BCUT2D eigenvalue weighted by Crippen LogP contribution is -1.94. The summed E-state index contributed by atoms with van der Waals surface area (Å²) < 4.78 is 5.16. The zero-order chi connectivity index (χ0) is 23.4. The fourth-order valence-electron chi connectivity index (χ4n) is 6.53. The standard InChI is InChI=1S/C34H19NS/c1-2-10-21(11-3-1)35-26-18-17-20-9-8-15-23-22-12-4-5-13-24(22)32-31-25-14-6-7-16-28(25)36-29(31)19-27(35)34(32)33(26)30(20)23/h1-19H. The average molecular weight is 474 g/mol. The Labute approximate surface area is 211 Å². The Bertz CT molecular complexity index is 2190. The number of nitrogens with zero attached hydrogens (tertiary/aromatic N) is 1. The van der Waals surface area contributed by atoms with E-state index in [4.69, 9.17) is 0 Å². The first-order valence-electron chi connectivity index (χ1n) is 12.4. The first kappa shape index (κ1) is 18.9. The summed E-state index contributed by atoms with van der Waals surface area (Å²) in [6.45, 7) is 0. The fraction of sp³-hybridized carbons (Fsp3) is 0. The molecule has 0 unspecified atom stereocenters. The molecular formula is C34H19NS.